The highest BCUT2D eigenvalue weighted by atomic mass is 79.9. The fraction of sp³-hybridized carbons (Fsp3) is 0.200. The van der Waals surface area contributed by atoms with Gasteiger partial charge in [0, 0.05) is 36.4 Å². The second-order valence-corrected chi connectivity index (χ2v) is 5.42. The molecule has 0 saturated heterocycles. The van der Waals surface area contributed by atoms with Crippen molar-refractivity contribution in [3.8, 4) is 17.2 Å². The van der Waals surface area contributed by atoms with E-state index in [1.54, 1.807) is 27.5 Å². The average Bonchev–Trinajstić information content (AvgIpc) is 3.02. The summed E-state index contributed by atoms with van der Waals surface area (Å²) in [5, 5.41) is 3.23. The third-order valence-electron chi connectivity index (χ3n) is 3.27. The van der Waals surface area contributed by atoms with Crippen LogP contribution < -0.4 is 19.5 Å². The highest BCUT2D eigenvalue weighted by Crippen LogP contribution is 2.40. The van der Waals surface area contributed by atoms with Crippen molar-refractivity contribution in [2.75, 3.05) is 26.6 Å². The van der Waals surface area contributed by atoms with Gasteiger partial charge in [-0.25, -0.2) is 9.97 Å². The molecule has 2 heterocycles. The lowest BCUT2D eigenvalue weighted by atomic mass is 10.2. The van der Waals surface area contributed by atoms with Crippen LogP contribution in [0.15, 0.2) is 35.3 Å². The van der Waals surface area contributed by atoms with E-state index in [0.29, 0.717) is 33.3 Å². The van der Waals surface area contributed by atoms with E-state index in [9.17, 15) is 0 Å². The van der Waals surface area contributed by atoms with E-state index in [1.165, 1.54) is 0 Å². The molecule has 1 N–H and O–H groups in total. The largest absolute Gasteiger partial charge is 0.493 e. The van der Waals surface area contributed by atoms with Gasteiger partial charge in [-0.2, -0.15) is 0 Å². The average molecular weight is 379 g/mol. The Hall–Kier alpha value is -2.48. The molecule has 0 aliphatic rings. The molecule has 0 spiro atoms. The summed E-state index contributed by atoms with van der Waals surface area (Å²) in [6, 6.07) is 3.62. The maximum absolute atomic E-state index is 5.36. The van der Waals surface area contributed by atoms with Gasteiger partial charge in [0.2, 0.25) is 5.75 Å². The minimum atomic E-state index is 0.536. The molecular weight excluding hydrogens is 364 g/mol. The molecule has 7 nitrogen and oxygen atoms in total. The summed E-state index contributed by atoms with van der Waals surface area (Å²) in [6.45, 7) is 0. The summed E-state index contributed by atoms with van der Waals surface area (Å²) in [4.78, 5) is 8.74. The lowest BCUT2D eigenvalue weighted by Crippen LogP contribution is -2.01. The zero-order valence-electron chi connectivity index (χ0n) is 12.8. The number of halogens is 1. The van der Waals surface area contributed by atoms with Gasteiger partial charge in [-0.3, -0.25) is 0 Å². The lowest BCUT2D eigenvalue weighted by Gasteiger charge is -2.15. The molecular formula is C15H15BrN4O3. The van der Waals surface area contributed by atoms with Gasteiger partial charge in [-0.05, 0) is 15.9 Å². The van der Waals surface area contributed by atoms with Crippen LogP contribution >= 0.6 is 15.9 Å². The smallest absolute Gasteiger partial charge is 0.203 e. The quantitative estimate of drug-likeness (QED) is 0.734. The van der Waals surface area contributed by atoms with E-state index in [1.807, 2.05) is 28.9 Å². The first-order valence-corrected chi connectivity index (χ1v) is 7.51. The number of rotatable bonds is 5. The lowest BCUT2D eigenvalue weighted by molar-refractivity contribution is 0.324. The summed E-state index contributed by atoms with van der Waals surface area (Å²) in [7, 11) is 4.72. The summed E-state index contributed by atoms with van der Waals surface area (Å²) in [6.07, 6.45) is 5.40. The molecule has 23 heavy (non-hydrogen) atoms. The van der Waals surface area contributed by atoms with Crippen LogP contribution in [0.3, 0.4) is 0 Å². The van der Waals surface area contributed by atoms with E-state index in [-0.39, 0.29) is 0 Å². The molecule has 1 aromatic carbocycles. The first-order chi connectivity index (χ1) is 11.2. The number of hydrogen-bond donors (Lipinski definition) is 1. The third-order valence-corrected chi connectivity index (χ3v) is 3.65. The topological polar surface area (TPSA) is 69.9 Å². The number of methoxy groups -OCH3 is 3. The minimum absolute atomic E-state index is 0.536. The molecule has 0 saturated carbocycles. The number of nitrogens with zero attached hydrogens (tertiary/aromatic N) is 3. The normalized spacial score (nSPS) is 10.6. The Morgan fingerprint density at radius 2 is 1.78 bits per heavy atom. The van der Waals surface area contributed by atoms with Gasteiger partial charge in [0.15, 0.2) is 23.0 Å². The number of imidazole rings is 1. The van der Waals surface area contributed by atoms with E-state index in [0.717, 1.165) is 5.69 Å². The second-order valence-electron chi connectivity index (χ2n) is 4.61. The van der Waals surface area contributed by atoms with Crippen LogP contribution in [-0.2, 0) is 0 Å². The molecule has 8 heteroatoms. The van der Waals surface area contributed by atoms with Gasteiger partial charge in [0.1, 0.15) is 4.60 Å². The van der Waals surface area contributed by atoms with Crippen molar-refractivity contribution < 1.29 is 14.2 Å². The zero-order chi connectivity index (χ0) is 16.4. The molecule has 3 rings (SSSR count). The monoisotopic (exact) mass is 378 g/mol. The Bertz CT molecular complexity index is 825. The molecule has 0 aliphatic carbocycles. The van der Waals surface area contributed by atoms with Crippen LogP contribution in [0.4, 0.5) is 11.5 Å². The van der Waals surface area contributed by atoms with Crippen molar-refractivity contribution in [2.24, 2.45) is 0 Å². The number of benzene rings is 1. The molecule has 0 amide bonds. The number of ether oxygens (including phenoxy) is 3. The Morgan fingerprint density at radius 1 is 1.09 bits per heavy atom. The molecule has 0 unspecified atom stereocenters. The molecule has 0 atom stereocenters. The summed E-state index contributed by atoms with van der Waals surface area (Å²) in [5.74, 6) is 2.26. The Balaban J connectivity index is 2.06. The molecule has 0 radical (unpaired) electrons. The second kappa shape index (κ2) is 6.33. The predicted octanol–water partition coefficient (Wildman–Crippen LogP) is 3.26. The summed E-state index contributed by atoms with van der Waals surface area (Å²) in [5.41, 5.74) is 1.46. The van der Waals surface area contributed by atoms with Gasteiger partial charge >= 0.3 is 0 Å². The van der Waals surface area contributed by atoms with Gasteiger partial charge < -0.3 is 23.9 Å². The zero-order valence-corrected chi connectivity index (χ0v) is 14.4. The van der Waals surface area contributed by atoms with E-state index >= 15 is 0 Å². The van der Waals surface area contributed by atoms with Crippen molar-refractivity contribution in [2.45, 2.75) is 0 Å². The van der Waals surface area contributed by atoms with Crippen molar-refractivity contribution in [1.29, 1.82) is 0 Å². The van der Waals surface area contributed by atoms with Crippen LogP contribution in [-0.4, -0.2) is 35.7 Å². The minimum Gasteiger partial charge on any atom is -0.493 e. The number of aromatic nitrogens is 3. The summed E-state index contributed by atoms with van der Waals surface area (Å²) < 4.78 is 18.6. The van der Waals surface area contributed by atoms with Crippen molar-refractivity contribution in [3.63, 3.8) is 0 Å². The van der Waals surface area contributed by atoms with E-state index in [2.05, 4.69) is 31.2 Å². The fourth-order valence-electron chi connectivity index (χ4n) is 2.27. The van der Waals surface area contributed by atoms with Crippen molar-refractivity contribution >= 4 is 33.1 Å². The van der Waals surface area contributed by atoms with Crippen LogP contribution in [0.25, 0.3) is 5.65 Å². The van der Waals surface area contributed by atoms with Gasteiger partial charge in [0.25, 0.3) is 0 Å². The number of hydrogen-bond acceptors (Lipinski definition) is 6. The first kappa shape index (κ1) is 15.4. The van der Waals surface area contributed by atoms with Crippen LogP contribution in [0.2, 0.25) is 0 Å². The SMILES string of the molecule is COc1cc(Nc2nc(Br)cn3ccnc23)cc(OC)c1OC. The Labute approximate surface area is 141 Å². The van der Waals surface area contributed by atoms with Crippen LogP contribution in [0.1, 0.15) is 0 Å². The highest BCUT2D eigenvalue weighted by molar-refractivity contribution is 9.10. The maximum atomic E-state index is 5.36. The van der Waals surface area contributed by atoms with Gasteiger partial charge in [-0.1, -0.05) is 0 Å². The maximum Gasteiger partial charge on any atom is 0.203 e. The van der Waals surface area contributed by atoms with Gasteiger partial charge in [0.05, 0.1) is 21.3 Å². The summed E-state index contributed by atoms with van der Waals surface area (Å²) >= 11 is 3.39. The number of fused-ring (bicyclic) bond motifs is 1. The molecule has 0 fully saturated rings. The third kappa shape index (κ3) is 2.89. The molecule has 120 valence electrons. The van der Waals surface area contributed by atoms with Crippen LogP contribution in [0, 0.1) is 0 Å². The Kier molecular flexibility index (Phi) is 4.24. The highest BCUT2D eigenvalue weighted by Gasteiger charge is 2.15. The van der Waals surface area contributed by atoms with Gasteiger partial charge in [-0.15, -0.1) is 0 Å². The number of anilines is 2. The molecule has 0 bridgehead atoms. The van der Waals surface area contributed by atoms with E-state index in [4.69, 9.17) is 14.2 Å². The molecule has 3 aromatic rings. The molecule has 0 aliphatic heterocycles. The standard InChI is InChI=1S/C15H15BrN4O3/c1-21-10-6-9(7-11(22-2)13(10)23-3)18-14-15-17-4-5-20(15)8-12(16)19-14/h4-8H,1-3H3,(H,18,19). The molecule has 2 aromatic heterocycles. The Morgan fingerprint density at radius 3 is 2.39 bits per heavy atom. The van der Waals surface area contributed by atoms with Crippen LogP contribution in [0.5, 0.6) is 17.2 Å². The number of nitrogens with one attached hydrogen (secondary N) is 1. The predicted molar refractivity (Wildman–Crippen MR) is 90.1 cm³/mol. The van der Waals surface area contributed by atoms with Crippen molar-refractivity contribution in [3.05, 3.63) is 35.3 Å². The van der Waals surface area contributed by atoms with Crippen molar-refractivity contribution in [1.82, 2.24) is 14.4 Å². The fourth-order valence-corrected chi connectivity index (χ4v) is 2.67. The first-order valence-electron chi connectivity index (χ1n) is 6.72. The van der Waals surface area contributed by atoms with E-state index < -0.39 is 0 Å².